The number of carbonyl (C=O) groups is 1. The third kappa shape index (κ3) is 5.54. The lowest BCUT2D eigenvalue weighted by atomic mass is 10.1. The van der Waals surface area contributed by atoms with Crippen LogP contribution in [0.3, 0.4) is 0 Å². The zero-order valence-corrected chi connectivity index (χ0v) is 15.5. The minimum atomic E-state index is -0.865. The Labute approximate surface area is 165 Å². The van der Waals surface area contributed by atoms with E-state index in [4.69, 9.17) is 33.7 Å². The highest BCUT2D eigenvalue weighted by Gasteiger charge is 2.06. The van der Waals surface area contributed by atoms with Crippen LogP contribution in [-0.4, -0.2) is 21.0 Å². The first-order valence-corrected chi connectivity index (χ1v) is 8.70. The standard InChI is InChI=1S/C18H15Cl2N5O2/c19-15-10-23-17(20)25-16(15)24-13-3-1-2-11(6-13)4-5-12-7-14(9-22-8-12)27-18(21)26/h1-3,6-10H,4-5H2,(H2,21,26)(H,23,24,25). The fourth-order valence-electron chi connectivity index (χ4n) is 2.44. The molecule has 0 aliphatic carbocycles. The molecule has 0 unspecified atom stereocenters. The van der Waals surface area contributed by atoms with E-state index in [2.05, 4.69) is 20.3 Å². The average molecular weight is 404 g/mol. The Kier molecular flexibility index (Phi) is 6.05. The van der Waals surface area contributed by atoms with Crippen molar-refractivity contribution in [1.82, 2.24) is 15.0 Å². The number of anilines is 2. The van der Waals surface area contributed by atoms with Gasteiger partial charge >= 0.3 is 6.09 Å². The summed E-state index contributed by atoms with van der Waals surface area (Å²) in [6, 6.07) is 9.57. The van der Waals surface area contributed by atoms with Crippen LogP contribution in [0, 0.1) is 0 Å². The maximum atomic E-state index is 10.8. The molecule has 3 aromatic rings. The Morgan fingerprint density at radius 1 is 1.11 bits per heavy atom. The highest BCUT2D eigenvalue weighted by molar-refractivity contribution is 6.33. The molecule has 0 aliphatic rings. The number of nitrogens with zero attached hydrogens (tertiary/aromatic N) is 3. The molecule has 3 rings (SSSR count). The molecule has 0 saturated heterocycles. The van der Waals surface area contributed by atoms with Gasteiger partial charge in [-0.15, -0.1) is 0 Å². The van der Waals surface area contributed by atoms with Crippen molar-refractivity contribution in [2.45, 2.75) is 12.8 Å². The van der Waals surface area contributed by atoms with Crippen LogP contribution in [0.2, 0.25) is 10.3 Å². The number of aromatic nitrogens is 3. The molecule has 2 aromatic heterocycles. The lowest BCUT2D eigenvalue weighted by molar-refractivity contribution is 0.210. The van der Waals surface area contributed by atoms with Crippen LogP contribution < -0.4 is 15.8 Å². The van der Waals surface area contributed by atoms with E-state index < -0.39 is 6.09 Å². The second kappa shape index (κ2) is 8.66. The van der Waals surface area contributed by atoms with E-state index in [0.717, 1.165) is 23.2 Å². The SMILES string of the molecule is NC(=O)Oc1cncc(CCc2cccc(Nc3nc(Cl)ncc3Cl)c2)c1. The molecular weight excluding hydrogens is 389 g/mol. The van der Waals surface area contributed by atoms with Crippen LogP contribution in [0.5, 0.6) is 5.75 Å². The lowest BCUT2D eigenvalue weighted by Crippen LogP contribution is -2.16. The number of nitrogens with one attached hydrogen (secondary N) is 1. The summed E-state index contributed by atoms with van der Waals surface area (Å²) in [5, 5.41) is 3.62. The Morgan fingerprint density at radius 2 is 1.93 bits per heavy atom. The van der Waals surface area contributed by atoms with Crippen molar-refractivity contribution in [3.63, 3.8) is 0 Å². The maximum Gasteiger partial charge on any atom is 0.410 e. The Hall–Kier alpha value is -2.90. The first kappa shape index (κ1) is 18.9. The number of carbonyl (C=O) groups excluding carboxylic acids is 1. The second-order valence-electron chi connectivity index (χ2n) is 5.61. The monoisotopic (exact) mass is 403 g/mol. The molecule has 0 aliphatic heterocycles. The van der Waals surface area contributed by atoms with Gasteiger partial charge in [-0.2, -0.15) is 4.98 Å². The zero-order chi connectivity index (χ0) is 19.2. The van der Waals surface area contributed by atoms with Gasteiger partial charge in [0.05, 0.1) is 12.4 Å². The number of hydrogen-bond acceptors (Lipinski definition) is 6. The van der Waals surface area contributed by atoms with Gasteiger partial charge < -0.3 is 15.8 Å². The predicted octanol–water partition coefficient (Wildman–Crippen LogP) is 4.16. The van der Waals surface area contributed by atoms with Gasteiger partial charge in [0.1, 0.15) is 5.02 Å². The summed E-state index contributed by atoms with van der Waals surface area (Å²) in [4.78, 5) is 22.8. The van der Waals surface area contributed by atoms with Crippen LogP contribution in [-0.2, 0) is 12.8 Å². The van der Waals surface area contributed by atoms with Crippen molar-refractivity contribution >= 4 is 40.8 Å². The number of benzene rings is 1. The van der Waals surface area contributed by atoms with Crippen LogP contribution in [0.1, 0.15) is 11.1 Å². The molecule has 3 N–H and O–H groups in total. The van der Waals surface area contributed by atoms with Gasteiger partial charge in [-0.3, -0.25) is 4.98 Å². The number of amides is 1. The van der Waals surface area contributed by atoms with Crippen LogP contribution in [0.25, 0.3) is 0 Å². The van der Waals surface area contributed by atoms with Gasteiger partial charge in [-0.25, -0.2) is 9.78 Å². The van der Waals surface area contributed by atoms with Gasteiger partial charge in [-0.1, -0.05) is 23.7 Å². The van der Waals surface area contributed by atoms with Gasteiger partial charge in [0.15, 0.2) is 11.6 Å². The maximum absolute atomic E-state index is 10.8. The number of rotatable bonds is 6. The van der Waals surface area contributed by atoms with E-state index in [1.807, 2.05) is 24.3 Å². The molecule has 27 heavy (non-hydrogen) atoms. The summed E-state index contributed by atoms with van der Waals surface area (Å²) in [5.41, 5.74) is 7.87. The molecule has 0 atom stereocenters. The van der Waals surface area contributed by atoms with E-state index in [1.165, 1.54) is 12.4 Å². The van der Waals surface area contributed by atoms with Crippen molar-refractivity contribution < 1.29 is 9.53 Å². The molecule has 0 spiro atoms. The molecule has 1 aromatic carbocycles. The predicted molar refractivity (Wildman–Crippen MR) is 104 cm³/mol. The molecule has 0 bridgehead atoms. The third-order valence-electron chi connectivity index (χ3n) is 3.60. The smallest absolute Gasteiger partial charge is 0.409 e. The van der Waals surface area contributed by atoms with Crippen LogP contribution in [0.4, 0.5) is 16.3 Å². The Bertz CT molecular complexity index is 968. The van der Waals surface area contributed by atoms with E-state index >= 15 is 0 Å². The third-order valence-corrected chi connectivity index (χ3v) is 4.05. The molecule has 1 amide bonds. The Balaban J connectivity index is 1.67. The van der Waals surface area contributed by atoms with E-state index in [-0.39, 0.29) is 5.28 Å². The minimum absolute atomic E-state index is 0.114. The normalized spacial score (nSPS) is 10.4. The number of halogens is 2. The van der Waals surface area contributed by atoms with Crippen molar-refractivity contribution in [3.8, 4) is 5.75 Å². The first-order valence-electron chi connectivity index (χ1n) is 7.95. The van der Waals surface area contributed by atoms with Gasteiger partial charge in [0.2, 0.25) is 5.28 Å². The molecule has 0 radical (unpaired) electrons. The number of hydrogen-bond donors (Lipinski definition) is 2. The number of ether oxygens (including phenoxy) is 1. The topological polar surface area (TPSA) is 103 Å². The molecule has 138 valence electrons. The zero-order valence-electron chi connectivity index (χ0n) is 14.0. The fourth-order valence-corrected chi connectivity index (χ4v) is 2.71. The summed E-state index contributed by atoms with van der Waals surface area (Å²) in [6.45, 7) is 0. The van der Waals surface area contributed by atoms with E-state index in [1.54, 1.807) is 12.3 Å². The highest BCUT2D eigenvalue weighted by atomic mass is 35.5. The average Bonchev–Trinajstić information content (AvgIpc) is 2.63. The van der Waals surface area contributed by atoms with Crippen molar-refractivity contribution in [2.24, 2.45) is 5.73 Å². The summed E-state index contributed by atoms with van der Waals surface area (Å²) in [5.74, 6) is 0.764. The fraction of sp³-hybridized carbons (Fsp3) is 0.111. The summed E-state index contributed by atoms with van der Waals surface area (Å²) < 4.78 is 4.84. The number of primary amides is 1. The molecule has 0 saturated carbocycles. The first-order chi connectivity index (χ1) is 13.0. The van der Waals surface area contributed by atoms with E-state index in [0.29, 0.717) is 23.0 Å². The Morgan fingerprint density at radius 3 is 2.74 bits per heavy atom. The molecule has 0 fully saturated rings. The quantitative estimate of drug-likeness (QED) is 0.598. The van der Waals surface area contributed by atoms with Crippen LogP contribution >= 0.6 is 23.2 Å². The van der Waals surface area contributed by atoms with Crippen LogP contribution in [0.15, 0.2) is 48.9 Å². The van der Waals surface area contributed by atoms with Gasteiger partial charge in [0, 0.05) is 11.9 Å². The second-order valence-corrected chi connectivity index (χ2v) is 6.36. The van der Waals surface area contributed by atoms with Gasteiger partial charge in [0.25, 0.3) is 0 Å². The van der Waals surface area contributed by atoms with Crippen molar-refractivity contribution in [3.05, 3.63) is 70.4 Å². The highest BCUT2D eigenvalue weighted by Crippen LogP contribution is 2.24. The minimum Gasteiger partial charge on any atom is -0.409 e. The summed E-state index contributed by atoms with van der Waals surface area (Å²) in [7, 11) is 0. The summed E-state index contributed by atoms with van der Waals surface area (Å²) in [6.07, 6.45) is 5.21. The number of nitrogens with two attached hydrogens (primary N) is 1. The number of pyridine rings is 1. The van der Waals surface area contributed by atoms with E-state index in [9.17, 15) is 4.79 Å². The molecular formula is C18H15Cl2N5O2. The van der Waals surface area contributed by atoms with Crippen molar-refractivity contribution in [1.29, 1.82) is 0 Å². The molecule has 7 nitrogen and oxygen atoms in total. The largest absolute Gasteiger partial charge is 0.410 e. The van der Waals surface area contributed by atoms with Crippen molar-refractivity contribution in [2.75, 3.05) is 5.32 Å². The summed E-state index contributed by atoms with van der Waals surface area (Å²) >= 11 is 11.9. The van der Waals surface area contributed by atoms with Gasteiger partial charge in [-0.05, 0) is 53.8 Å². The molecule has 2 heterocycles. The molecule has 9 heteroatoms. The number of aryl methyl sites for hydroxylation is 2. The lowest BCUT2D eigenvalue weighted by Gasteiger charge is -2.09.